The molecule has 2 aromatic rings. The Bertz CT molecular complexity index is 795. The molecule has 4 rings (SSSR count). The van der Waals surface area contributed by atoms with Crippen LogP contribution in [0.25, 0.3) is 0 Å². The summed E-state index contributed by atoms with van der Waals surface area (Å²) in [4.78, 5) is 6.90. The predicted molar refractivity (Wildman–Crippen MR) is 91.6 cm³/mol. The summed E-state index contributed by atoms with van der Waals surface area (Å²) in [7, 11) is -3.39. The maximum absolute atomic E-state index is 12.9. The first-order valence-electron chi connectivity index (χ1n) is 7.91. The topological polar surface area (TPSA) is 53.5 Å². The van der Waals surface area contributed by atoms with Crippen LogP contribution in [0.1, 0.15) is 17.5 Å². The number of sulfonamides is 1. The van der Waals surface area contributed by atoms with Gasteiger partial charge in [-0.15, -0.1) is 11.3 Å². The maximum Gasteiger partial charge on any atom is 0.243 e. The summed E-state index contributed by atoms with van der Waals surface area (Å²) in [6, 6.07) is 5.64. The molecule has 5 nitrogen and oxygen atoms in total. The van der Waals surface area contributed by atoms with Gasteiger partial charge < -0.3 is 4.90 Å². The summed E-state index contributed by atoms with van der Waals surface area (Å²) in [5, 5.41) is 2.92. The van der Waals surface area contributed by atoms with E-state index in [0.717, 1.165) is 24.4 Å². The highest BCUT2D eigenvalue weighted by atomic mass is 32.2. The van der Waals surface area contributed by atoms with Crippen molar-refractivity contribution in [3.05, 3.63) is 40.9 Å². The zero-order chi connectivity index (χ0) is 15.9. The highest BCUT2D eigenvalue weighted by Crippen LogP contribution is 2.27. The van der Waals surface area contributed by atoms with Crippen LogP contribution < -0.4 is 4.90 Å². The molecule has 0 amide bonds. The standard InChI is InChI=1S/C16H19N3O2S2/c20-23(21,15-5-4-13-2-1-3-14(13)12-15)19-9-7-18(8-10-19)16-17-6-11-22-16/h4-6,11-12H,1-3,7-10H2. The quantitative estimate of drug-likeness (QED) is 0.852. The molecule has 1 aromatic carbocycles. The molecule has 0 atom stereocenters. The Morgan fingerprint density at radius 1 is 1.04 bits per heavy atom. The van der Waals surface area contributed by atoms with Gasteiger partial charge in [-0.2, -0.15) is 4.31 Å². The number of aryl methyl sites for hydroxylation is 2. The van der Waals surface area contributed by atoms with Crippen LogP contribution in [0.15, 0.2) is 34.7 Å². The lowest BCUT2D eigenvalue weighted by atomic mass is 10.1. The lowest BCUT2D eigenvalue weighted by Gasteiger charge is -2.33. The van der Waals surface area contributed by atoms with Crippen LogP contribution in [-0.4, -0.2) is 43.9 Å². The van der Waals surface area contributed by atoms with E-state index in [1.165, 1.54) is 11.1 Å². The van der Waals surface area contributed by atoms with Crippen molar-refractivity contribution < 1.29 is 8.42 Å². The monoisotopic (exact) mass is 349 g/mol. The van der Waals surface area contributed by atoms with Crippen molar-refractivity contribution in [2.45, 2.75) is 24.2 Å². The van der Waals surface area contributed by atoms with Crippen LogP contribution in [0.3, 0.4) is 0 Å². The third-order valence-corrected chi connectivity index (χ3v) is 7.36. The smallest absolute Gasteiger partial charge is 0.243 e. The van der Waals surface area contributed by atoms with Crippen LogP contribution >= 0.6 is 11.3 Å². The van der Waals surface area contributed by atoms with E-state index < -0.39 is 10.0 Å². The SMILES string of the molecule is O=S(=O)(c1ccc2c(c1)CCC2)N1CCN(c2nccs2)CC1. The maximum atomic E-state index is 12.9. The second-order valence-electron chi connectivity index (χ2n) is 5.99. The van der Waals surface area contributed by atoms with Gasteiger partial charge >= 0.3 is 0 Å². The van der Waals surface area contributed by atoms with Crippen LogP contribution in [-0.2, 0) is 22.9 Å². The molecule has 0 bridgehead atoms. The molecule has 122 valence electrons. The number of rotatable bonds is 3. The molecule has 0 unspecified atom stereocenters. The molecule has 2 heterocycles. The van der Waals surface area contributed by atoms with E-state index in [9.17, 15) is 8.42 Å². The third-order valence-electron chi connectivity index (χ3n) is 4.64. The van der Waals surface area contributed by atoms with Gasteiger partial charge in [-0.3, -0.25) is 0 Å². The second kappa shape index (κ2) is 5.89. The Labute approximate surface area is 140 Å². The molecule has 0 spiro atoms. The van der Waals surface area contributed by atoms with Crippen molar-refractivity contribution in [2.75, 3.05) is 31.1 Å². The lowest BCUT2D eigenvalue weighted by Crippen LogP contribution is -2.48. The van der Waals surface area contributed by atoms with Gasteiger partial charge in [-0.1, -0.05) is 6.07 Å². The number of anilines is 1. The average Bonchev–Trinajstić information content (AvgIpc) is 3.25. The Morgan fingerprint density at radius 3 is 2.57 bits per heavy atom. The molecule has 1 fully saturated rings. The molecular weight excluding hydrogens is 330 g/mol. The van der Waals surface area contributed by atoms with E-state index in [-0.39, 0.29) is 0 Å². The Kier molecular flexibility index (Phi) is 3.87. The number of thiazole rings is 1. The minimum Gasteiger partial charge on any atom is -0.345 e. The normalized spacial score (nSPS) is 19.0. The second-order valence-corrected chi connectivity index (χ2v) is 8.80. The first-order chi connectivity index (χ1) is 11.1. The summed E-state index contributed by atoms with van der Waals surface area (Å²) in [6.07, 6.45) is 4.98. The number of piperazine rings is 1. The molecule has 1 aliphatic carbocycles. The molecule has 1 aliphatic heterocycles. The summed E-state index contributed by atoms with van der Waals surface area (Å²) >= 11 is 1.59. The van der Waals surface area contributed by atoms with Crippen molar-refractivity contribution in [3.8, 4) is 0 Å². The molecule has 0 radical (unpaired) electrons. The van der Waals surface area contributed by atoms with Crippen molar-refractivity contribution in [1.82, 2.24) is 9.29 Å². The number of nitrogens with zero attached hydrogens (tertiary/aromatic N) is 3. The Morgan fingerprint density at radius 2 is 1.83 bits per heavy atom. The van der Waals surface area contributed by atoms with Crippen molar-refractivity contribution in [2.24, 2.45) is 0 Å². The fourth-order valence-electron chi connectivity index (χ4n) is 3.35. The van der Waals surface area contributed by atoms with Crippen LogP contribution in [0.2, 0.25) is 0 Å². The first kappa shape index (κ1) is 15.1. The Balaban J connectivity index is 1.51. The van der Waals surface area contributed by atoms with Gasteiger partial charge in [-0.05, 0) is 42.5 Å². The zero-order valence-electron chi connectivity index (χ0n) is 12.8. The molecule has 7 heteroatoms. The van der Waals surface area contributed by atoms with E-state index in [1.807, 2.05) is 17.5 Å². The summed E-state index contributed by atoms with van der Waals surface area (Å²) in [6.45, 7) is 2.41. The minimum atomic E-state index is -3.39. The van der Waals surface area contributed by atoms with Gasteiger partial charge in [0.25, 0.3) is 0 Å². The summed E-state index contributed by atoms with van der Waals surface area (Å²) in [5.41, 5.74) is 2.50. The molecule has 0 N–H and O–H groups in total. The van der Waals surface area contributed by atoms with E-state index in [0.29, 0.717) is 31.1 Å². The van der Waals surface area contributed by atoms with Crippen molar-refractivity contribution in [1.29, 1.82) is 0 Å². The highest BCUT2D eigenvalue weighted by Gasteiger charge is 2.29. The number of hydrogen-bond acceptors (Lipinski definition) is 5. The molecule has 23 heavy (non-hydrogen) atoms. The fourth-order valence-corrected chi connectivity index (χ4v) is 5.52. The van der Waals surface area contributed by atoms with Gasteiger partial charge in [0.2, 0.25) is 10.0 Å². The van der Waals surface area contributed by atoms with Crippen molar-refractivity contribution >= 4 is 26.5 Å². The summed E-state index contributed by atoms with van der Waals surface area (Å²) in [5.74, 6) is 0. The number of aromatic nitrogens is 1. The molecule has 2 aliphatic rings. The van der Waals surface area contributed by atoms with Crippen LogP contribution in [0, 0.1) is 0 Å². The van der Waals surface area contributed by atoms with Gasteiger partial charge in [0.1, 0.15) is 0 Å². The van der Waals surface area contributed by atoms with Gasteiger partial charge in [0.05, 0.1) is 4.90 Å². The van der Waals surface area contributed by atoms with Gasteiger partial charge in [0, 0.05) is 37.8 Å². The number of hydrogen-bond donors (Lipinski definition) is 0. The fraction of sp³-hybridized carbons (Fsp3) is 0.438. The number of benzene rings is 1. The van der Waals surface area contributed by atoms with Crippen molar-refractivity contribution in [3.63, 3.8) is 0 Å². The van der Waals surface area contributed by atoms with Gasteiger partial charge in [0.15, 0.2) is 5.13 Å². The largest absolute Gasteiger partial charge is 0.345 e. The van der Waals surface area contributed by atoms with E-state index in [4.69, 9.17) is 0 Å². The highest BCUT2D eigenvalue weighted by molar-refractivity contribution is 7.89. The van der Waals surface area contributed by atoms with Crippen LogP contribution in [0.5, 0.6) is 0 Å². The first-order valence-corrected chi connectivity index (χ1v) is 10.2. The van der Waals surface area contributed by atoms with Gasteiger partial charge in [-0.25, -0.2) is 13.4 Å². The summed E-state index contributed by atoms with van der Waals surface area (Å²) < 4.78 is 27.4. The lowest BCUT2D eigenvalue weighted by molar-refractivity contribution is 0.384. The molecule has 1 aromatic heterocycles. The Hall–Kier alpha value is -1.44. The van der Waals surface area contributed by atoms with E-state index in [1.54, 1.807) is 27.9 Å². The minimum absolute atomic E-state index is 0.445. The third kappa shape index (κ3) is 2.77. The predicted octanol–water partition coefficient (Wildman–Crippen LogP) is 2.14. The van der Waals surface area contributed by atoms with Crippen LogP contribution in [0.4, 0.5) is 5.13 Å². The molecule has 0 saturated carbocycles. The van der Waals surface area contributed by atoms with E-state index in [2.05, 4.69) is 9.88 Å². The average molecular weight is 349 g/mol. The number of fused-ring (bicyclic) bond motifs is 1. The molecule has 1 saturated heterocycles. The zero-order valence-corrected chi connectivity index (χ0v) is 14.4. The van der Waals surface area contributed by atoms with E-state index >= 15 is 0 Å². The molecular formula is C16H19N3O2S2.